The number of H-pyrrole nitrogens is 2. The highest BCUT2D eigenvalue weighted by atomic mass is 32.2. The highest BCUT2D eigenvalue weighted by Crippen LogP contribution is 2.29. The molecular weight excluding hydrogens is 482 g/mol. The maximum Gasteiger partial charge on any atom is 0.230 e. The van der Waals surface area contributed by atoms with Crippen molar-refractivity contribution in [2.24, 2.45) is 0 Å². The summed E-state index contributed by atoms with van der Waals surface area (Å²) in [6.45, 7) is 0. The van der Waals surface area contributed by atoms with Crippen molar-refractivity contribution in [3.05, 3.63) is 71.6 Å². The first-order valence-electron chi connectivity index (χ1n) is 9.90. The first-order chi connectivity index (χ1) is 16.7. The number of fused-ring (bicyclic) bond motifs is 1. The van der Waals surface area contributed by atoms with Gasteiger partial charge in [-0.15, -0.1) is 5.10 Å². The van der Waals surface area contributed by atoms with Crippen LogP contribution in [0.4, 0.5) is 14.5 Å². The minimum Gasteiger partial charge on any atom is -0.287 e. The van der Waals surface area contributed by atoms with Gasteiger partial charge in [-0.2, -0.15) is 5.10 Å². The second-order valence-corrected chi connectivity index (χ2v) is 9.26. The first kappa shape index (κ1) is 22.2. The van der Waals surface area contributed by atoms with Gasteiger partial charge in [-0.3, -0.25) is 14.6 Å². The third-order valence-corrected chi connectivity index (χ3v) is 5.67. The summed E-state index contributed by atoms with van der Waals surface area (Å²) < 4.78 is 53.7. The molecule has 0 aliphatic heterocycles. The van der Waals surface area contributed by atoms with Crippen LogP contribution in [-0.4, -0.2) is 56.3 Å². The van der Waals surface area contributed by atoms with Gasteiger partial charge in [0.15, 0.2) is 17.3 Å². The summed E-state index contributed by atoms with van der Waals surface area (Å²) in [6.07, 6.45) is 2.32. The monoisotopic (exact) mass is 496 g/mol. The van der Waals surface area contributed by atoms with Gasteiger partial charge in [0, 0.05) is 17.3 Å². The van der Waals surface area contributed by atoms with Crippen LogP contribution in [0.15, 0.2) is 48.7 Å². The topological polar surface area (TPSA) is 159 Å². The molecule has 5 aromatic rings. The molecule has 0 amide bonds. The van der Waals surface area contributed by atoms with Crippen LogP contribution in [-0.2, 0) is 10.0 Å². The zero-order valence-electron chi connectivity index (χ0n) is 17.7. The van der Waals surface area contributed by atoms with Crippen molar-refractivity contribution < 1.29 is 22.0 Å². The van der Waals surface area contributed by atoms with Crippen LogP contribution in [0.1, 0.15) is 16.1 Å². The van der Waals surface area contributed by atoms with E-state index in [-0.39, 0.29) is 11.3 Å². The normalized spacial score (nSPS) is 11.6. The van der Waals surface area contributed by atoms with Crippen LogP contribution < -0.4 is 4.72 Å². The van der Waals surface area contributed by atoms with Crippen molar-refractivity contribution in [3.8, 4) is 22.5 Å². The Labute approximate surface area is 195 Å². The molecule has 0 spiro atoms. The molecule has 2 aromatic carbocycles. The third-order valence-electron chi connectivity index (χ3n) is 5.09. The Morgan fingerprint density at radius 2 is 1.74 bits per heavy atom. The van der Waals surface area contributed by atoms with Gasteiger partial charge in [-0.1, -0.05) is 24.3 Å². The molecule has 0 radical (unpaired) electrons. The second-order valence-electron chi connectivity index (χ2n) is 7.51. The summed E-state index contributed by atoms with van der Waals surface area (Å²) in [7, 11) is -3.99. The van der Waals surface area contributed by atoms with Gasteiger partial charge in [0.2, 0.25) is 15.8 Å². The van der Waals surface area contributed by atoms with Gasteiger partial charge in [0.05, 0.1) is 17.2 Å². The van der Waals surface area contributed by atoms with Crippen LogP contribution >= 0.6 is 0 Å². The van der Waals surface area contributed by atoms with Crippen molar-refractivity contribution in [1.29, 1.82) is 0 Å². The summed E-state index contributed by atoms with van der Waals surface area (Å²) in [5.74, 6) is -2.89. The number of sulfonamides is 1. The molecule has 3 heterocycles. The second kappa shape index (κ2) is 8.32. The number of carbonyl (C=O) groups excluding carboxylic acids is 1. The van der Waals surface area contributed by atoms with E-state index in [1.54, 1.807) is 29.1 Å². The van der Waals surface area contributed by atoms with Crippen LogP contribution in [0.3, 0.4) is 0 Å². The van der Waals surface area contributed by atoms with Gasteiger partial charge < -0.3 is 0 Å². The fraction of sp³-hybridized carbons (Fsp3) is 0.0476. The summed E-state index contributed by atoms with van der Waals surface area (Å²) in [6, 6.07) is 10.6. The summed E-state index contributed by atoms with van der Waals surface area (Å²) in [5, 5.41) is 20.5. The lowest BCUT2D eigenvalue weighted by atomic mass is 10.0. The maximum absolute atomic E-state index is 14.9. The Kier molecular flexibility index (Phi) is 5.28. The molecule has 0 saturated heterocycles. The molecule has 0 aliphatic carbocycles. The van der Waals surface area contributed by atoms with Gasteiger partial charge in [0.1, 0.15) is 17.2 Å². The smallest absolute Gasteiger partial charge is 0.230 e. The number of hydrogen-bond acceptors (Lipinski definition) is 8. The largest absolute Gasteiger partial charge is 0.287 e. The number of aromatic amines is 2. The molecule has 0 atom stereocenters. The lowest BCUT2D eigenvalue weighted by molar-refractivity contribution is 0.103. The predicted molar refractivity (Wildman–Crippen MR) is 121 cm³/mol. The van der Waals surface area contributed by atoms with Gasteiger partial charge >= 0.3 is 0 Å². The van der Waals surface area contributed by atoms with Crippen molar-refractivity contribution in [1.82, 2.24) is 35.8 Å². The molecule has 176 valence electrons. The third kappa shape index (κ3) is 4.21. The number of rotatable bonds is 6. The summed E-state index contributed by atoms with van der Waals surface area (Å²) in [5.41, 5.74) is 0.794. The van der Waals surface area contributed by atoms with E-state index in [0.717, 1.165) is 29.5 Å². The molecule has 0 bridgehead atoms. The molecular formula is C21H14F2N8O3S. The van der Waals surface area contributed by atoms with Crippen molar-refractivity contribution >= 4 is 32.5 Å². The minimum absolute atomic E-state index is 0.158. The van der Waals surface area contributed by atoms with Crippen LogP contribution in [0.5, 0.6) is 0 Å². The number of hydrogen-bond donors (Lipinski definition) is 3. The van der Waals surface area contributed by atoms with E-state index in [4.69, 9.17) is 0 Å². The Bertz CT molecular complexity index is 1680. The maximum atomic E-state index is 14.9. The summed E-state index contributed by atoms with van der Waals surface area (Å²) >= 11 is 0. The number of pyridine rings is 1. The number of ketones is 1. The molecule has 35 heavy (non-hydrogen) atoms. The highest BCUT2D eigenvalue weighted by molar-refractivity contribution is 7.92. The fourth-order valence-electron chi connectivity index (χ4n) is 3.47. The average Bonchev–Trinajstić information content (AvgIpc) is 3.51. The zero-order chi connectivity index (χ0) is 24.7. The zero-order valence-corrected chi connectivity index (χ0v) is 18.6. The van der Waals surface area contributed by atoms with E-state index in [2.05, 4.69) is 35.8 Å². The van der Waals surface area contributed by atoms with E-state index in [9.17, 15) is 22.0 Å². The van der Waals surface area contributed by atoms with E-state index < -0.39 is 38.7 Å². The van der Waals surface area contributed by atoms with Crippen LogP contribution in [0, 0.1) is 11.6 Å². The number of nitrogens with zero attached hydrogens (tertiary/aromatic N) is 5. The minimum atomic E-state index is -3.99. The van der Waals surface area contributed by atoms with Crippen LogP contribution in [0.25, 0.3) is 33.5 Å². The van der Waals surface area contributed by atoms with Gasteiger partial charge in [-0.05, 0) is 34.2 Å². The number of nitrogens with one attached hydrogen (secondary N) is 3. The van der Waals surface area contributed by atoms with Crippen molar-refractivity contribution in [2.75, 3.05) is 11.0 Å². The molecule has 0 fully saturated rings. The average molecular weight is 496 g/mol. The first-order valence-corrected chi connectivity index (χ1v) is 11.8. The standard InChI is InChI=1S/C21H14F2N8O3S/c1-35(33,34)29-18-15(22)7-6-13(16(18)23)19(32)17-14-8-12(9-24-21(14)26-25-17)10-2-4-11(5-3-10)20-27-30-31-28-20/h2-9,29H,1H3,(H,24,25,26)(H,27,28,30,31). The molecule has 0 saturated carbocycles. The Hall–Kier alpha value is -4.59. The Morgan fingerprint density at radius 3 is 2.43 bits per heavy atom. The number of aromatic nitrogens is 7. The SMILES string of the molecule is CS(=O)(=O)Nc1c(F)ccc(C(=O)c2n[nH]c3ncc(-c4ccc(-c5nnn[nH]5)cc4)cc23)c1F. The number of tetrazole rings is 1. The van der Waals surface area contributed by atoms with Gasteiger partial charge in [0.25, 0.3) is 0 Å². The van der Waals surface area contributed by atoms with Gasteiger partial charge in [-0.25, -0.2) is 27.3 Å². The Morgan fingerprint density at radius 1 is 1.00 bits per heavy atom. The number of anilines is 1. The van der Waals surface area contributed by atoms with Crippen LogP contribution in [0.2, 0.25) is 0 Å². The molecule has 3 N–H and O–H groups in total. The fourth-order valence-corrected chi connectivity index (χ4v) is 4.03. The van der Waals surface area contributed by atoms with E-state index in [0.29, 0.717) is 16.8 Å². The predicted octanol–water partition coefficient (Wildman–Crippen LogP) is 2.69. The molecule has 0 aliphatic rings. The molecule has 0 unspecified atom stereocenters. The molecule has 3 aromatic heterocycles. The number of halogens is 2. The molecule has 11 nitrogen and oxygen atoms in total. The number of carbonyl (C=O) groups is 1. The van der Waals surface area contributed by atoms with Crippen molar-refractivity contribution in [2.45, 2.75) is 0 Å². The van der Waals surface area contributed by atoms with E-state index >= 15 is 0 Å². The Balaban J connectivity index is 1.53. The molecule has 5 rings (SSSR count). The summed E-state index contributed by atoms with van der Waals surface area (Å²) in [4.78, 5) is 17.4. The lowest BCUT2D eigenvalue weighted by Gasteiger charge is -2.09. The molecule has 14 heteroatoms. The van der Waals surface area contributed by atoms with E-state index in [1.807, 2.05) is 12.1 Å². The lowest BCUT2D eigenvalue weighted by Crippen LogP contribution is -2.15. The van der Waals surface area contributed by atoms with E-state index in [1.165, 1.54) is 0 Å². The number of benzene rings is 2. The highest BCUT2D eigenvalue weighted by Gasteiger charge is 2.25. The van der Waals surface area contributed by atoms with Crippen molar-refractivity contribution in [3.63, 3.8) is 0 Å². The quantitative estimate of drug-likeness (QED) is 0.303.